The first-order chi connectivity index (χ1) is 12.0. The number of carbonyl (C=O) groups excluding carboxylic acids is 2. The Morgan fingerprint density at radius 1 is 1.16 bits per heavy atom. The van der Waals surface area contributed by atoms with E-state index in [4.69, 9.17) is 15.2 Å². The van der Waals surface area contributed by atoms with Gasteiger partial charge in [-0.3, -0.25) is 9.59 Å². The molecule has 1 saturated carbocycles. The molecule has 1 unspecified atom stereocenters. The van der Waals surface area contributed by atoms with Gasteiger partial charge in [-0.25, -0.2) is 4.39 Å². The van der Waals surface area contributed by atoms with Crippen LogP contribution in [0, 0.1) is 11.2 Å². The van der Waals surface area contributed by atoms with E-state index in [0.29, 0.717) is 18.8 Å². The average molecular weight is 350 g/mol. The highest BCUT2D eigenvalue weighted by Gasteiger charge is 2.49. The summed E-state index contributed by atoms with van der Waals surface area (Å²) in [5.41, 5.74) is 5.21. The molecule has 2 aliphatic rings. The van der Waals surface area contributed by atoms with E-state index in [1.165, 1.54) is 24.3 Å². The van der Waals surface area contributed by atoms with E-state index in [1.807, 2.05) is 0 Å². The molecular weight excluding hydrogens is 327 g/mol. The predicted octanol–water partition coefficient (Wildman–Crippen LogP) is 1.48. The van der Waals surface area contributed by atoms with Crippen molar-refractivity contribution < 1.29 is 23.5 Å². The van der Waals surface area contributed by atoms with E-state index in [0.717, 1.165) is 25.7 Å². The third-order valence-electron chi connectivity index (χ3n) is 5.30. The van der Waals surface area contributed by atoms with Crippen LogP contribution in [0.15, 0.2) is 24.3 Å². The highest BCUT2D eigenvalue weighted by molar-refractivity contribution is 5.78. The Balaban J connectivity index is 1.44. The summed E-state index contributed by atoms with van der Waals surface area (Å²) in [6.45, 7) is 1.21. The zero-order valence-electron chi connectivity index (χ0n) is 14.1. The standard InChI is InChI=1S/C18H23FN2O4/c19-13-1-3-14(4-2-13)24-12-17(23)21-9-7-18(8-10-21)6-5-15(18)25-11-16(20)22/h1-4,15H,5-12H2,(H2,20,22). The predicted molar refractivity (Wildman–Crippen MR) is 88.3 cm³/mol. The van der Waals surface area contributed by atoms with Crippen LogP contribution in [0.25, 0.3) is 0 Å². The van der Waals surface area contributed by atoms with E-state index < -0.39 is 5.91 Å². The molecule has 1 saturated heterocycles. The number of primary amides is 1. The van der Waals surface area contributed by atoms with E-state index in [2.05, 4.69) is 0 Å². The van der Waals surface area contributed by atoms with Crippen LogP contribution in [0.4, 0.5) is 4.39 Å². The third-order valence-corrected chi connectivity index (χ3v) is 5.30. The monoisotopic (exact) mass is 350 g/mol. The lowest BCUT2D eigenvalue weighted by atomic mass is 9.60. The number of piperidine rings is 1. The van der Waals surface area contributed by atoms with Crippen LogP contribution in [-0.2, 0) is 14.3 Å². The molecule has 1 aliphatic heterocycles. The van der Waals surface area contributed by atoms with Gasteiger partial charge in [-0.15, -0.1) is 0 Å². The Kier molecular flexibility index (Phi) is 5.22. The van der Waals surface area contributed by atoms with Crippen LogP contribution >= 0.6 is 0 Å². The fourth-order valence-corrected chi connectivity index (χ4v) is 3.65. The van der Waals surface area contributed by atoms with Gasteiger partial charge in [0.15, 0.2) is 6.61 Å². The first-order valence-corrected chi connectivity index (χ1v) is 8.55. The molecule has 2 amide bonds. The van der Waals surface area contributed by atoms with Gasteiger partial charge in [0.05, 0.1) is 6.10 Å². The van der Waals surface area contributed by atoms with Crippen LogP contribution in [0.2, 0.25) is 0 Å². The molecule has 136 valence electrons. The SMILES string of the molecule is NC(=O)COC1CCC12CCN(C(=O)COc1ccc(F)cc1)CC2. The number of rotatable bonds is 6. The fraction of sp³-hybridized carbons (Fsp3) is 0.556. The van der Waals surface area contributed by atoms with Crippen molar-refractivity contribution in [3.63, 3.8) is 0 Å². The summed E-state index contributed by atoms with van der Waals surface area (Å²) in [7, 11) is 0. The van der Waals surface area contributed by atoms with Gasteiger partial charge in [0.2, 0.25) is 5.91 Å². The maximum absolute atomic E-state index is 12.9. The molecule has 2 N–H and O–H groups in total. The summed E-state index contributed by atoms with van der Waals surface area (Å²) in [5, 5.41) is 0. The topological polar surface area (TPSA) is 81.9 Å². The Morgan fingerprint density at radius 3 is 2.40 bits per heavy atom. The van der Waals surface area contributed by atoms with Gasteiger partial charge in [-0.2, -0.15) is 0 Å². The van der Waals surface area contributed by atoms with Gasteiger partial charge in [0.1, 0.15) is 18.2 Å². The second kappa shape index (κ2) is 7.39. The van der Waals surface area contributed by atoms with E-state index in [9.17, 15) is 14.0 Å². The maximum atomic E-state index is 12.9. The summed E-state index contributed by atoms with van der Waals surface area (Å²) in [4.78, 5) is 25.0. The summed E-state index contributed by atoms with van der Waals surface area (Å²) >= 11 is 0. The van der Waals surface area contributed by atoms with Crippen molar-refractivity contribution in [2.24, 2.45) is 11.1 Å². The van der Waals surface area contributed by atoms with Gasteiger partial charge in [-0.05, 0) is 49.9 Å². The van der Waals surface area contributed by atoms with Crippen molar-refractivity contribution in [1.82, 2.24) is 4.90 Å². The molecule has 7 heteroatoms. The zero-order valence-corrected chi connectivity index (χ0v) is 14.1. The minimum absolute atomic E-state index is 0.0411. The summed E-state index contributed by atoms with van der Waals surface area (Å²) in [5.74, 6) is -0.392. The summed E-state index contributed by atoms with van der Waals surface area (Å²) in [6, 6.07) is 5.60. The zero-order chi connectivity index (χ0) is 17.9. The number of benzene rings is 1. The molecule has 2 fully saturated rings. The number of carbonyl (C=O) groups is 2. The van der Waals surface area contributed by atoms with Crippen molar-refractivity contribution in [2.45, 2.75) is 31.8 Å². The molecule has 1 spiro atoms. The minimum atomic E-state index is -0.451. The number of nitrogens with zero attached hydrogens (tertiary/aromatic N) is 1. The summed E-state index contributed by atoms with van der Waals surface area (Å²) < 4.78 is 23.9. The highest BCUT2D eigenvalue weighted by atomic mass is 19.1. The highest BCUT2D eigenvalue weighted by Crippen LogP contribution is 2.50. The second-order valence-corrected chi connectivity index (χ2v) is 6.79. The van der Waals surface area contributed by atoms with E-state index in [-0.39, 0.29) is 36.5 Å². The molecule has 1 heterocycles. The van der Waals surface area contributed by atoms with Crippen LogP contribution in [0.5, 0.6) is 5.75 Å². The van der Waals surface area contributed by atoms with Gasteiger partial charge in [0.25, 0.3) is 5.91 Å². The van der Waals surface area contributed by atoms with Crippen LogP contribution in [-0.4, -0.2) is 49.1 Å². The average Bonchev–Trinajstić information content (AvgIpc) is 2.60. The molecule has 0 aromatic heterocycles. The fourth-order valence-electron chi connectivity index (χ4n) is 3.65. The molecule has 1 aromatic rings. The van der Waals surface area contributed by atoms with Crippen molar-refractivity contribution in [3.8, 4) is 5.75 Å². The number of likely N-dealkylation sites (tertiary alicyclic amines) is 1. The molecule has 1 aromatic carbocycles. The van der Waals surface area contributed by atoms with Crippen molar-refractivity contribution in [2.75, 3.05) is 26.3 Å². The molecule has 6 nitrogen and oxygen atoms in total. The lowest BCUT2D eigenvalue weighted by Gasteiger charge is -2.53. The minimum Gasteiger partial charge on any atom is -0.484 e. The van der Waals surface area contributed by atoms with Gasteiger partial charge >= 0.3 is 0 Å². The molecule has 1 aliphatic carbocycles. The van der Waals surface area contributed by atoms with Gasteiger partial charge < -0.3 is 20.1 Å². The normalized spacial score (nSPS) is 21.6. The van der Waals surface area contributed by atoms with Crippen molar-refractivity contribution in [3.05, 3.63) is 30.1 Å². The Hall–Kier alpha value is -2.15. The molecular formula is C18H23FN2O4. The third kappa shape index (κ3) is 4.10. The largest absolute Gasteiger partial charge is 0.484 e. The number of hydrogen-bond donors (Lipinski definition) is 1. The first kappa shape index (κ1) is 17.7. The van der Waals surface area contributed by atoms with E-state index >= 15 is 0 Å². The first-order valence-electron chi connectivity index (χ1n) is 8.55. The Bertz CT molecular complexity index is 626. The Morgan fingerprint density at radius 2 is 1.84 bits per heavy atom. The molecule has 3 rings (SSSR count). The molecule has 25 heavy (non-hydrogen) atoms. The molecule has 0 radical (unpaired) electrons. The number of nitrogens with two attached hydrogens (primary N) is 1. The number of amides is 2. The number of halogens is 1. The van der Waals surface area contributed by atoms with E-state index in [1.54, 1.807) is 4.90 Å². The number of ether oxygens (including phenoxy) is 2. The number of hydrogen-bond acceptors (Lipinski definition) is 4. The van der Waals surface area contributed by atoms with Crippen LogP contribution < -0.4 is 10.5 Å². The maximum Gasteiger partial charge on any atom is 0.260 e. The van der Waals surface area contributed by atoms with Gasteiger partial charge in [-0.1, -0.05) is 0 Å². The van der Waals surface area contributed by atoms with Crippen LogP contribution in [0.3, 0.4) is 0 Å². The lowest BCUT2D eigenvalue weighted by Crippen LogP contribution is -2.55. The second-order valence-electron chi connectivity index (χ2n) is 6.79. The van der Waals surface area contributed by atoms with Crippen molar-refractivity contribution in [1.29, 1.82) is 0 Å². The van der Waals surface area contributed by atoms with Crippen LogP contribution in [0.1, 0.15) is 25.7 Å². The molecule has 0 bridgehead atoms. The quantitative estimate of drug-likeness (QED) is 0.842. The summed E-state index contributed by atoms with van der Waals surface area (Å²) in [6.07, 6.45) is 3.78. The lowest BCUT2D eigenvalue weighted by molar-refractivity contribution is -0.156. The Labute approximate surface area is 146 Å². The van der Waals surface area contributed by atoms with Gasteiger partial charge in [0, 0.05) is 18.5 Å². The molecule has 1 atom stereocenters. The smallest absolute Gasteiger partial charge is 0.260 e. The van der Waals surface area contributed by atoms with Crippen molar-refractivity contribution >= 4 is 11.8 Å².